The van der Waals surface area contributed by atoms with Gasteiger partial charge in [0.15, 0.2) is 6.61 Å². The summed E-state index contributed by atoms with van der Waals surface area (Å²) in [6.07, 6.45) is -3.13. The van der Waals surface area contributed by atoms with Gasteiger partial charge in [-0.3, -0.25) is 4.79 Å². The lowest BCUT2D eigenvalue weighted by molar-refractivity contribution is -0.141. The van der Waals surface area contributed by atoms with E-state index in [0.717, 1.165) is 0 Å². The molecule has 0 bridgehead atoms. The monoisotopic (exact) mass is 294 g/mol. The lowest BCUT2D eigenvalue weighted by Gasteiger charge is -2.07. The fraction of sp³-hybridized carbons (Fsp3) is 0.273. The molecule has 0 saturated heterocycles. The minimum atomic E-state index is -4.44. The van der Waals surface area contributed by atoms with Crippen molar-refractivity contribution in [1.82, 2.24) is 5.32 Å². The molecule has 104 valence electrons. The van der Waals surface area contributed by atoms with Gasteiger partial charge in [-0.25, -0.2) is 0 Å². The normalized spacial score (nSPS) is 11.6. The molecule has 0 aliphatic rings. The maximum absolute atomic E-state index is 11.8. The number of carbonyl (C=O) groups is 1. The van der Waals surface area contributed by atoms with E-state index in [9.17, 15) is 18.0 Å². The Morgan fingerprint density at radius 1 is 1.37 bits per heavy atom. The number of nitrogens with zero attached hydrogens (tertiary/aromatic N) is 1. The predicted octanol–water partition coefficient (Wildman–Crippen LogP) is 2.37. The molecule has 1 rings (SSSR count). The molecule has 1 aromatic carbocycles. The van der Waals surface area contributed by atoms with Crippen molar-refractivity contribution in [3.8, 4) is 0 Å². The Morgan fingerprint density at radius 3 is 2.58 bits per heavy atom. The van der Waals surface area contributed by atoms with Gasteiger partial charge in [-0.15, -0.1) is 0 Å². The summed E-state index contributed by atoms with van der Waals surface area (Å²) in [5, 5.41) is 5.65. The van der Waals surface area contributed by atoms with Crippen molar-refractivity contribution in [2.24, 2.45) is 5.16 Å². The number of nitrogens with one attached hydrogen (secondary N) is 1. The molecular formula is C11H10ClF3N2O2. The molecule has 8 heteroatoms. The highest BCUT2D eigenvalue weighted by atomic mass is 35.5. The minimum Gasteiger partial charge on any atom is -0.386 e. The first-order chi connectivity index (χ1) is 8.87. The van der Waals surface area contributed by atoms with Crippen LogP contribution in [0.4, 0.5) is 13.2 Å². The van der Waals surface area contributed by atoms with Crippen molar-refractivity contribution in [1.29, 1.82) is 0 Å². The van der Waals surface area contributed by atoms with Crippen molar-refractivity contribution < 1.29 is 22.8 Å². The average Bonchev–Trinajstić information content (AvgIpc) is 2.33. The third-order valence-corrected chi connectivity index (χ3v) is 2.08. The van der Waals surface area contributed by atoms with Crippen LogP contribution in [0.3, 0.4) is 0 Å². The zero-order valence-electron chi connectivity index (χ0n) is 9.58. The Hall–Kier alpha value is -1.76. The van der Waals surface area contributed by atoms with Gasteiger partial charge in [0.05, 0.1) is 6.21 Å². The Morgan fingerprint density at radius 2 is 2.00 bits per heavy atom. The van der Waals surface area contributed by atoms with E-state index in [2.05, 4.69) is 9.99 Å². The summed E-state index contributed by atoms with van der Waals surface area (Å²) in [6, 6.07) is 6.61. The first-order valence-electron chi connectivity index (χ1n) is 5.11. The zero-order chi connectivity index (χ0) is 14.3. The summed E-state index contributed by atoms with van der Waals surface area (Å²) >= 11 is 5.67. The van der Waals surface area contributed by atoms with Crippen molar-refractivity contribution in [3.05, 3.63) is 34.9 Å². The van der Waals surface area contributed by atoms with Gasteiger partial charge >= 0.3 is 6.18 Å². The van der Waals surface area contributed by atoms with Crippen LogP contribution in [0.2, 0.25) is 5.02 Å². The molecule has 0 heterocycles. The van der Waals surface area contributed by atoms with Crippen LogP contribution in [0, 0.1) is 0 Å². The van der Waals surface area contributed by atoms with E-state index >= 15 is 0 Å². The topological polar surface area (TPSA) is 50.7 Å². The standard InChI is InChI=1S/C11H10ClF3N2O2/c12-9-3-1-8(2-4-9)5-17-19-6-10(18)16-7-11(13,14)15/h1-5H,6-7H2,(H,16,18). The molecule has 0 atom stereocenters. The number of hydrogen-bond acceptors (Lipinski definition) is 3. The highest BCUT2D eigenvalue weighted by Gasteiger charge is 2.27. The van der Waals surface area contributed by atoms with Crippen LogP contribution in [0.5, 0.6) is 0 Å². The predicted molar refractivity (Wildman–Crippen MR) is 64.1 cm³/mol. The van der Waals surface area contributed by atoms with Gasteiger partial charge < -0.3 is 10.2 Å². The Labute approximate surface area is 112 Å². The highest BCUT2D eigenvalue weighted by Crippen LogP contribution is 2.12. The maximum Gasteiger partial charge on any atom is 0.405 e. The highest BCUT2D eigenvalue weighted by molar-refractivity contribution is 6.30. The Bertz CT molecular complexity index is 446. The second-order valence-corrected chi connectivity index (χ2v) is 3.89. The smallest absolute Gasteiger partial charge is 0.386 e. The van der Waals surface area contributed by atoms with Gasteiger partial charge in [0.1, 0.15) is 6.54 Å². The Balaban J connectivity index is 2.26. The van der Waals surface area contributed by atoms with E-state index in [1.54, 1.807) is 29.6 Å². The molecular weight excluding hydrogens is 285 g/mol. The molecule has 19 heavy (non-hydrogen) atoms. The second kappa shape index (κ2) is 6.98. The van der Waals surface area contributed by atoms with Crippen LogP contribution < -0.4 is 5.32 Å². The van der Waals surface area contributed by atoms with Crippen LogP contribution in [0.25, 0.3) is 0 Å². The SMILES string of the molecule is O=C(CON=Cc1ccc(Cl)cc1)NCC(F)(F)F. The second-order valence-electron chi connectivity index (χ2n) is 3.45. The summed E-state index contributed by atoms with van der Waals surface area (Å²) in [6.45, 7) is -1.98. The average molecular weight is 295 g/mol. The first-order valence-corrected chi connectivity index (χ1v) is 5.49. The van der Waals surface area contributed by atoms with Gasteiger partial charge in [-0.1, -0.05) is 28.9 Å². The maximum atomic E-state index is 11.8. The quantitative estimate of drug-likeness (QED) is 0.669. The molecule has 0 saturated carbocycles. The van der Waals surface area contributed by atoms with Gasteiger partial charge in [0.2, 0.25) is 0 Å². The third-order valence-electron chi connectivity index (χ3n) is 1.83. The van der Waals surface area contributed by atoms with E-state index in [0.29, 0.717) is 10.6 Å². The van der Waals surface area contributed by atoms with Crippen LogP contribution in [-0.4, -0.2) is 31.4 Å². The number of halogens is 4. The van der Waals surface area contributed by atoms with Gasteiger partial charge in [0.25, 0.3) is 5.91 Å². The minimum absolute atomic E-state index is 0.560. The fourth-order valence-electron chi connectivity index (χ4n) is 0.993. The van der Waals surface area contributed by atoms with Crippen molar-refractivity contribution >= 4 is 23.7 Å². The van der Waals surface area contributed by atoms with Crippen LogP contribution in [0.1, 0.15) is 5.56 Å². The number of benzene rings is 1. The number of amides is 1. The van der Waals surface area contributed by atoms with Gasteiger partial charge in [-0.05, 0) is 17.7 Å². The van der Waals surface area contributed by atoms with E-state index < -0.39 is 25.2 Å². The van der Waals surface area contributed by atoms with E-state index in [4.69, 9.17) is 11.6 Å². The van der Waals surface area contributed by atoms with Crippen LogP contribution in [0.15, 0.2) is 29.4 Å². The number of carbonyl (C=O) groups excluding carboxylic acids is 1. The molecule has 0 unspecified atom stereocenters. The lowest BCUT2D eigenvalue weighted by atomic mass is 10.2. The largest absolute Gasteiger partial charge is 0.405 e. The summed E-state index contributed by atoms with van der Waals surface area (Å²) in [5.41, 5.74) is 0.681. The molecule has 0 aliphatic heterocycles. The summed E-state index contributed by atoms with van der Waals surface area (Å²) in [7, 11) is 0. The molecule has 4 nitrogen and oxygen atoms in total. The number of rotatable bonds is 5. The Kier molecular flexibility index (Phi) is 5.62. The van der Waals surface area contributed by atoms with E-state index in [-0.39, 0.29) is 0 Å². The lowest BCUT2D eigenvalue weighted by Crippen LogP contribution is -2.35. The first kappa shape index (κ1) is 15.3. The molecule has 0 radical (unpaired) electrons. The number of alkyl halides is 3. The molecule has 0 aliphatic carbocycles. The molecule has 0 fully saturated rings. The van der Waals surface area contributed by atoms with Crippen molar-refractivity contribution in [3.63, 3.8) is 0 Å². The van der Waals surface area contributed by atoms with Crippen LogP contribution in [-0.2, 0) is 9.63 Å². The molecule has 0 aromatic heterocycles. The summed E-state index contributed by atoms with van der Waals surface area (Å²) in [4.78, 5) is 15.5. The van der Waals surface area contributed by atoms with Gasteiger partial charge in [-0.2, -0.15) is 13.2 Å². The third kappa shape index (κ3) is 7.30. The summed E-state index contributed by atoms with van der Waals surface area (Å²) in [5.74, 6) is -0.898. The number of oxime groups is 1. The molecule has 1 aromatic rings. The summed E-state index contributed by atoms with van der Waals surface area (Å²) < 4.78 is 35.3. The van der Waals surface area contributed by atoms with E-state index in [1.165, 1.54) is 6.21 Å². The van der Waals surface area contributed by atoms with Crippen molar-refractivity contribution in [2.75, 3.05) is 13.2 Å². The number of hydrogen-bond donors (Lipinski definition) is 1. The molecule has 1 N–H and O–H groups in total. The fourth-order valence-corrected chi connectivity index (χ4v) is 1.12. The van der Waals surface area contributed by atoms with Crippen molar-refractivity contribution in [2.45, 2.75) is 6.18 Å². The van der Waals surface area contributed by atoms with Gasteiger partial charge in [0, 0.05) is 5.02 Å². The molecule has 1 amide bonds. The van der Waals surface area contributed by atoms with E-state index in [1.807, 2.05) is 0 Å². The molecule has 0 spiro atoms. The zero-order valence-corrected chi connectivity index (χ0v) is 10.3. The van der Waals surface area contributed by atoms with Crippen LogP contribution >= 0.6 is 11.6 Å².